The lowest BCUT2D eigenvalue weighted by Gasteiger charge is -2.38. The van der Waals surface area contributed by atoms with E-state index in [1.54, 1.807) is 0 Å². The summed E-state index contributed by atoms with van der Waals surface area (Å²) in [5, 5.41) is 9.98. The summed E-state index contributed by atoms with van der Waals surface area (Å²) >= 11 is 0. The van der Waals surface area contributed by atoms with E-state index in [0.29, 0.717) is 5.82 Å². The van der Waals surface area contributed by atoms with Crippen LogP contribution in [0.15, 0.2) is 30.7 Å². The van der Waals surface area contributed by atoms with Gasteiger partial charge in [-0.2, -0.15) is 0 Å². The summed E-state index contributed by atoms with van der Waals surface area (Å²) in [4.78, 5) is 8.22. The molecule has 0 spiro atoms. The van der Waals surface area contributed by atoms with Gasteiger partial charge in [0.2, 0.25) is 0 Å². The molecule has 1 saturated carbocycles. The van der Waals surface area contributed by atoms with Crippen LogP contribution in [0, 0.1) is 5.92 Å². The van der Waals surface area contributed by atoms with Crippen molar-refractivity contribution in [2.45, 2.75) is 12.5 Å². The van der Waals surface area contributed by atoms with Crippen LogP contribution < -0.4 is 5.73 Å². The van der Waals surface area contributed by atoms with Gasteiger partial charge in [0.15, 0.2) is 0 Å². The molecule has 1 aliphatic rings. The third kappa shape index (κ3) is 1.36. The Bertz CT molecular complexity index is 589. The Morgan fingerprint density at radius 3 is 3.06 bits per heavy atom. The van der Waals surface area contributed by atoms with Gasteiger partial charge >= 0.3 is 0 Å². The molecule has 0 saturated heterocycles. The second kappa shape index (κ2) is 3.56. The molecule has 2 unspecified atom stereocenters. The summed E-state index contributed by atoms with van der Waals surface area (Å²) in [6.45, 7) is 4.20. The molecule has 3 N–H and O–H groups in total. The molecule has 0 bridgehead atoms. The molecule has 5 nitrogen and oxygen atoms in total. The number of fused-ring (bicyclic) bond motifs is 1. The molecule has 1 fully saturated rings. The van der Waals surface area contributed by atoms with E-state index in [4.69, 9.17) is 10.8 Å². The summed E-state index contributed by atoms with van der Waals surface area (Å²) in [6, 6.07) is 2.14. The fourth-order valence-electron chi connectivity index (χ4n) is 2.41. The average Bonchev–Trinajstić information content (AvgIpc) is 2.73. The topological polar surface area (TPSA) is 77.0 Å². The monoisotopic (exact) mass is 230 g/mol. The van der Waals surface area contributed by atoms with Crippen molar-refractivity contribution >= 4 is 16.9 Å². The molecule has 2 heterocycles. The van der Waals surface area contributed by atoms with Crippen molar-refractivity contribution in [1.29, 1.82) is 0 Å². The van der Waals surface area contributed by atoms with E-state index < -0.39 is 0 Å². The Labute approximate surface area is 98.6 Å². The van der Waals surface area contributed by atoms with Crippen molar-refractivity contribution in [3.05, 3.63) is 30.7 Å². The minimum absolute atomic E-state index is 0.172. The predicted octanol–water partition coefficient (Wildman–Crippen LogP) is 1.12. The third-order valence-corrected chi connectivity index (χ3v) is 3.56. The van der Waals surface area contributed by atoms with E-state index in [9.17, 15) is 0 Å². The molecule has 1 aliphatic carbocycles. The molecule has 2 aromatic rings. The molecular formula is C12H14N4O. The first-order valence-corrected chi connectivity index (χ1v) is 5.59. The minimum atomic E-state index is 0.172. The molecule has 0 amide bonds. The number of nitrogens with two attached hydrogens (primary N) is 1. The summed E-state index contributed by atoms with van der Waals surface area (Å²) in [6.07, 6.45) is 4.33. The normalized spacial score (nSPS) is 23.9. The van der Waals surface area contributed by atoms with E-state index in [1.165, 1.54) is 6.33 Å². The highest BCUT2D eigenvalue weighted by atomic mass is 16.3. The summed E-state index contributed by atoms with van der Waals surface area (Å²) in [5.41, 5.74) is 7.68. The zero-order valence-electron chi connectivity index (χ0n) is 9.37. The first-order chi connectivity index (χ1) is 8.22. The average molecular weight is 230 g/mol. The molecule has 0 aromatic carbocycles. The summed E-state index contributed by atoms with van der Waals surface area (Å²) in [7, 11) is 0. The van der Waals surface area contributed by atoms with Gasteiger partial charge in [-0.1, -0.05) is 6.58 Å². The maximum Gasteiger partial charge on any atom is 0.146 e. The summed E-state index contributed by atoms with van der Waals surface area (Å²) in [5.74, 6) is 0.717. The van der Waals surface area contributed by atoms with Gasteiger partial charge in [0, 0.05) is 18.7 Å². The standard InChI is InChI=1S/C12H14N4O/c1-7-8(5-17)4-10(7)16-3-2-9-11(13)14-6-15-12(9)16/h2-3,6,8,10,17H,1,4-5H2,(H2,13,14,15). The van der Waals surface area contributed by atoms with Crippen LogP contribution in [0.1, 0.15) is 12.5 Å². The first kappa shape index (κ1) is 10.3. The van der Waals surface area contributed by atoms with Crippen molar-refractivity contribution in [1.82, 2.24) is 14.5 Å². The van der Waals surface area contributed by atoms with Crippen LogP contribution in [0.4, 0.5) is 5.82 Å². The predicted molar refractivity (Wildman–Crippen MR) is 65.3 cm³/mol. The second-order valence-corrected chi connectivity index (χ2v) is 4.43. The third-order valence-electron chi connectivity index (χ3n) is 3.56. The number of hydrogen-bond acceptors (Lipinski definition) is 4. The Hall–Kier alpha value is -1.88. The SMILES string of the molecule is C=C1C(CO)CC1n1ccc2c(N)ncnc21. The van der Waals surface area contributed by atoms with E-state index >= 15 is 0 Å². The number of nitrogen functional groups attached to an aromatic ring is 1. The highest BCUT2D eigenvalue weighted by molar-refractivity contribution is 5.86. The largest absolute Gasteiger partial charge is 0.396 e. The van der Waals surface area contributed by atoms with E-state index in [2.05, 4.69) is 21.1 Å². The van der Waals surface area contributed by atoms with Crippen LogP contribution in [0.2, 0.25) is 0 Å². The quantitative estimate of drug-likeness (QED) is 0.758. The van der Waals surface area contributed by atoms with Gasteiger partial charge in [0.25, 0.3) is 0 Å². The zero-order valence-corrected chi connectivity index (χ0v) is 9.37. The molecule has 2 aromatic heterocycles. The lowest BCUT2D eigenvalue weighted by molar-refractivity contribution is 0.180. The molecule has 5 heteroatoms. The lowest BCUT2D eigenvalue weighted by Crippen LogP contribution is -2.31. The number of aromatic nitrogens is 3. The molecule has 88 valence electrons. The van der Waals surface area contributed by atoms with Crippen LogP contribution in [-0.4, -0.2) is 26.2 Å². The van der Waals surface area contributed by atoms with Crippen LogP contribution in [-0.2, 0) is 0 Å². The second-order valence-electron chi connectivity index (χ2n) is 4.43. The molecular weight excluding hydrogens is 216 g/mol. The van der Waals surface area contributed by atoms with Crippen LogP contribution in [0.3, 0.4) is 0 Å². The summed E-state index contributed by atoms with van der Waals surface area (Å²) < 4.78 is 2.06. The molecule has 17 heavy (non-hydrogen) atoms. The Morgan fingerprint density at radius 1 is 1.53 bits per heavy atom. The van der Waals surface area contributed by atoms with E-state index in [-0.39, 0.29) is 18.6 Å². The number of nitrogens with zero attached hydrogens (tertiary/aromatic N) is 3. The fourth-order valence-corrected chi connectivity index (χ4v) is 2.41. The van der Waals surface area contributed by atoms with Crippen LogP contribution in [0.5, 0.6) is 0 Å². The molecule has 2 atom stereocenters. The van der Waals surface area contributed by atoms with Gasteiger partial charge in [-0.15, -0.1) is 0 Å². The Kier molecular flexibility index (Phi) is 2.16. The minimum Gasteiger partial charge on any atom is -0.396 e. The number of rotatable bonds is 2. The van der Waals surface area contributed by atoms with Crippen LogP contribution in [0.25, 0.3) is 11.0 Å². The molecule has 0 aliphatic heterocycles. The van der Waals surface area contributed by atoms with Gasteiger partial charge in [-0.3, -0.25) is 0 Å². The highest BCUT2D eigenvalue weighted by Gasteiger charge is 2.34. The fraction of sp³-hybridized carbons (Fsp3) is 0.333. The van der Waals surface area contributed by atoms with Crippen molar-refractivity contribution in [2.75, 3.05) is 12.3 Å². The number of anilines is 1. The van der Waals surface area contributed by atoms with Gasteiger partial charge in [0.05, 0.1) is 11.4 Å². The van der Waals surface area contributed by atoms with Crippen molar-refractivity contribution in [3.63, 3.8) is 0 Å². The zero-order chi connectivity index (χ0) is 12.0. The van der Waals surface area contributed by atoms with Gasteiger partial charge in [0.1, 0.15) is 17.8 Å². The Balaban J connectivity index is 2.03. The maximum atomic E-state index is 9.11. The number of aliphatic hydroxyl groups excluding tert-OH is 1. The smallest absolute Gasteiger partial charge is 0.146 e. The van der Waals surface area contributed by atoms with Crippen molar-refractivity contribution in [2.24, 2.45) is 5.92 Å². The maximum absolute atomic E-state index is 9.11. The molecule has 3 rings (SSSR count). The van der Waals surface area contributed by atoms with Gasteiger partial charge in [-0.05, 0) is 18.1 Å². The lowest BCUT2D eigenvalue weighted by atomic mass is 9.76. The van der Waals surface area contributed by atoms with E-state index in [0.717, 1.165) is 23.0 Å². The molecule has 0 radical (unpaired) electrons. The van der Waals surface area contributed by atoms with Crippen LogP contribution >= 0.6 is 0 Å². The number of aliphatic hydroxyl groups is 1. The van der Waals surface area contributed by atoms with E-state index in [1.807, 2.05) is 12.3 Å². The first-order valence-electron chi connectivity index (χ1n) is 5.59. The number of hydrogen-bond donors (Lipinski definition) is 2. The van der Waals surface area contributed by atoms with Gasteiger partial charge in [-0.25, -0.2) is 9.97 Å². The van der Waals surface area contributed by atoms with Crippen molar-refractivity contribution < 1.29 is 5.11 Å². The highest BCUT2D eigenvalue weighted by Crippen LogP contribution is 2.43. The van der Waals surface area contributed by atoms with Crippen molar-refractivity contribution in [3.8, 4) is 0 Å². The van der Waals surface area contributed by atoms with Gasteiger partial charge < -0.3 is 15.4 Å². The Morgan fingerprint density at radius 2 is 2.35 bits per heavy atom.